The van der Waals surface area contributed by atoms with Crippen molar-refractivity contribution in [3.63, 3.8) is 0 Å². The molecule has 0 unspecified atom stereocenters. The molecule has 0 atom stereocenters. The highest BCUT2D eigenvalue weighted by atomic mass is 19.1. The molecule has 0 N–H and O–H groups in total. The molecule has 0 radical (unpaired) electrons. The fourth-order valence-corrected chi connectivity index (χ4v) is 5.97. The standard InChI is InChI=1S/C29H37FN4O/c1-20(2)32(3)29(35)25-17-22(30)9-12-27(25)34-19-26(24-13-14-31-18-28(24)34)21-7-10-23(11-8-21)33-15-5-4-6-16-33/h9,12-14,17-21,23H,4-8,10-11,15-16H2,1-3H3. The molecule has 1 saturated heterocycles. The smallest absolute Gasteiger partial charge is 0.256 e. The normalized spacial score (nSPS) is 21.5. The van der Waals surface area contributed by atoms with E-state index in [1.807, 2.05) is 26.2 Å². The zero-order valence-electron chi connectivity index (χ0n) is 21.2. The molecule has 0 spiro atoms. The third-order valence-electron chi connectivity index (χ3n) is 8.23. The van der Waals surface area contributed by atoms with Crippen LogP contribution in [-0.4, -0.2) is 57.5 Å². The van der Waals surface area contributed by atoms with Crippen molar-refractivity contribution >= 4 is 16.8 Å². The van der Waals surface area contributed by atoms with Crippen LogP contribution in [0.2, 0.25) is 0 Å². The monoisotopic (exact) mass is 476 g/mol. The second-order valence-electron chi connectivity index (χ2n) is 10.6. The lowest BCUT2D eigenvalue weighted by molar-refractivity contribution is 0.0754. The Kier molecular flexibility index (Phi) is 6.92. The van der Waals surface area contributed by atoms with E-state index >= 15 is 0 Å². The van der Waals surface area contributed by atoms with Crippen LogP contribution in [-0.2, 0) is 0 Å². The van der Waals surface area contributed by atoms with Crippen LogP contribution >= 0.6 is 0 Å². The number of fused-ring (bicyclic) bond motifs is 1. The molecule has 5 rings (SSSR count). The van der Waals surface area contributed by atoms with E-state index in [4.69, 9.17) is 0 Å². The fraction of sp³-hybridized carbons (Fsp3) is 0.517. The van der Waals surface area contributed by atoms with Crippen molar-refractivity contribution in [1.29, 1.82) is 0 Å². The van der Waals surface area contributed by atoms with Gasteiger partial charge in [0.05, 0.1) is 23.0 Å². The van der Waals surface area contributed by atoms with Crippen LogP contribution in [0.1, 0.15) is 80.6 Å². The van der Waals surface area contributed by atoms with Gasteiger partial charge in [-0.05, 0) is 101 Å². The van der Waals surface area contributed by atoms with Gasteiger partial charge in [-0.1, -0.05) is 6.42 Å². The van der Waals surface area contributed by atoms with E-state index in [0.717, 1.165) is 11.6 Å². The van der Waals surface area contributed by atoms with Gasteiger partial charge < -0.3 is 14.4 Å². The Labute approximate surface area is 207 Å². The number of nitrogens with zero attached hydrogens (tertiary/aromatic N) is 4. The maximum atomic E-state index is 14.3. The van der Waals surface area contributed by atoms with Crippen molar-refractivity contribution in [3.05, 3.63) is 59.8 Å². The summed E-state index contributed by atoms with van der Waals surface area (Å²) in [5.41, 5.74) is 3.37. The molecule has 5 nitrogen and oxygen atoms in total. The number of carbonyl (C=O) groups excluding carboxylic acids is 1. The molecule has 1 saturated carbocycles. The van der Waals surface area contributed by atoms with Crippen molar-refractivity contribution in [2.45, 2.75) is 76.8 Å². The zero-order chi connectivity index (χ0) is 24.5. The van der Waals surface area contributed by atoms with Gasteiger partial charge in [-0.2, -0.15) is 0 Å². The first-order valence-corrected chi connectivity index (χ1v) is 13.2. The Balaban J connectivity index is 1.49. The molecule has 2 aromatic heterocycles. The Morgan fingerprint density at radius 1 is 1.09 bits per heavy atom. The first-order valence-electron chi connectivity index (χ1n) is 13.2. The number of pyridine rings is 1. The van der Waals surface area contributed by atoms with Gasteiger partial charge in [0.25, 0.3) is 5.91 Å². The number of hydrogen-bond acceptors (Lipinski definition) is 3. The highest BCUT2D eigenvalue weighted by Gasteiger charge is 2.30. The molecular formula is C29H37FN4O. The average molecular weight is 477 g/mol. The van der Waals surface area contributed by atoms with Gasteiger partial charge in [-0.15, -0.1) is 0 Å². The van der Waals surface area contributed by atoms with Gasteiger partial charge in [0, 0.05) is 36.9 Å². The summed E-state index contributed by atoms with van der Waals surface area (Å²) in [6, 6.07) is 7.35. The largest absolute Gasteiger partial charge is 0.339 e. The van der Waals surface area contributed by atoms with E-state index in [9.17, 15) is 9.18 Å². The maximum absolute atomic E-state index is 14.3. The zero-order valence-corrected chi connectivity index (χ0v) is 21.2. The first-order chi connectivity index (χ1) is 16.9. The number of amides is 1. The molecule has 35 heavy (non-hydrogen) atoms. The molecule has 0 bridgehead atoms. The molecule has 2 fully saturated rings. The molecule has 2 aliphatic rings. The minimum Gasteiger partial charge on any atom is -0.339 e. The predicted molar refractivity (Wildman–Crippen MR) is 139 cm³/mol. The Morgan fingerprint density at radius 2 is 1.83 bits per heavy atom. The van der Waals surface area contributed by atoms with Crippen LogP contribution in [0.4, 0.5) is 4.39 Å². The average Bonchev–Trinajstić information content (AvgIpc) is 3.28. The molecule has 6 heteroatoms. The van der Waals surface area contributed by atoms with Crippen LogP contribution < -0.4 is 0 Å². The molecule has 1 amide bonds. The number of aromatic nitrogens is 2. The van der Waals surface area contributed by atoms with E-state index in [1.165, 1.54) is 81.1 Å². The summed E-state index contributed by atoms with van der Waals surface area (Å²) in [6.07, 6.45) is 14.8. The van der Waals surface area contributed by atoms with E-state index in [-0.39, 0.29) is 11.9 Å². The van der Waals surface area contributed by atoms with E-state index < -0.39 is 5.82 Å². The van der Waals surface area contributed by atoms with Crippen molar-refractivity contribution in [1.82, 2.24) is 19.4 Å². The highest BCUT2D eigenvalue weighted by Crippen LogP contribution is 2.40. The molecule has 1 aromatic carbocycles. The van der Waals surface area contributed by atoms with Crippen LogP contribution in [0.3, 0.4) is 0 Å². The van der Waals surface area contributed by atoms with E-state index in [1.54, 1.807) is 18.0 Å². The number of hydrogen-bond donors (Lipinski definition) is 0. The number of halogens is 1. The SMILES string of the molecule is CC(C)N(C)C(=O)c1cc(F)ccc1-n1cc(C2CCC(N3CCCCC3)CC2)c2ccncc21. The number of likely N-dealkylation sites (tertiary alicyclic amines) is 1. The second kappa shape index (κ2) is 10.1. The van der Waals surface area contributed by atoms with Crippen molar-refractivity contribution in [3.8, 4) is 5.69 Å². The van der Waals surface area contributed by atoms with E-state index in [0.29, 0.717) is 17.2 Å². The number of carbonyl (C=O) groups is 1. The minimum atomic E-state index is -0.403. The summed E-state index contributed by atoms with van der Waals surface area (Å²) in [4.78, 5) is 22.1. The molecule has 1 aliphatic heterocycles. The Hall–Kier alpha value is -2.73. The Bertz CT molecular complexity index is 1190. The third kappa shape index (κ3) is 4.73. The number of benzene rings is 1. The Morgan fingerprint density at radius 3 is 2.54 bits per heavy atom. The molecule has 186 valence electrons. The topological polar surface area (TPSA) is 41.4 Å². The summed E-state index contributed by atoms with van der Waals surface area (Å²) < 4.78 is 16.3. The van der Waals surface area contributed by atoms with Gasteiger partial charge in [0.2, 0.25) is 0 Å². The summed E-state index contributed by atoms with van der Waals surface area (Å²) in [5, 5.41) is 1.18. The molecule has 3 heterocycles. The second-order valence-corrected chi connectivity index (χ2v) is 10.6. The van der Waals surface area contributed by atoms with Crippen molar-refractivity contribution < 1.29 is 9.18 Å². The van der Waals surface area contributed by atoms with Gasteiger partial charge in [0.15, 0.2) is 0 Å². The van der Waals surface area contributed by atoms with Crippen LogP contribution in [0, 0.1) is 5.82 Å². The van der Waals surface area contributed by atoms with Gasteiger partial charge in [0.1, 0.15) is 5.82 Å². The van der Waals surface area contributed by atoms with Crippen LogP contribution in [0.5, 0.6) is 0 Å². The predicted octanol–water partition coefficient (Wildman–Crippen LogP) is 6.16. The van der Waals surface area contributed by atoms with Crippen LogP contribution in [0.25, 0.3) is 16.6 Å². The van der Waals surface area contributed by atoms with Gasteiger partial charge >= 0.3 is 0 Å². The quantitative estimate of drug-likeness (QED) is 0.443. The summed E-state index contributed by atoms with van der Waals surface area (Å²) in [5.74, 6) is -0.0935. The number of rotatable bonds is 5. The summed E-state index contributed by atoms with van der Waals surface area (Å²) in [7, 11) is 1.77. The number of piperidine rings is 1. The maximum Gasteiger partial charge on any atom is 0.256 e. The summed E-state index contributed by atoms with van der Waals surface area (Å²) in [6.45, 7) is 6.44. The third-order valence-corrected chi connectivity index (χ3v) is 8.23. The first kappa shape index (κ1) is 24.0. The van der Waals surface area contributed by atoms with Gasteiger partial charge in [-0.25, -0.2) is 4.39 Å². The van der Waals surface area contributed by atoms with Crippen LogP contribution in [0.15, 0.2) is 42.9 Å². The highest BCUT2D eigenvalue weighted by molar-refractivity contribution is 5.99. The summed E-state index contributed by atoms with van der Waals surface area (Å²) >= 11 is 0. The molecule has 1 aliphatic carbocycles. The van der Waals surface area contributed by atoms with Crippen molar-refractivity contribution in [2.24, 2.45) is 0 Å². The van der Waals surface area contributed by atoms with Crippen molar-refractivity contribution in [2.75, 3.05) is 20.1 Å². The van der Waals surface area contributed by atoms with Gasteiger partial charge in [-0.3, -0.25) is 9.78 Å². The lowest BCUT2D eigenvalue weighted by atomic mass is 9.81. The minimum absolute atomic E-state index is 0.0207. The van der Waals surface area contributed by atoms with E-state index in [2.05, 4.69) is 26.7 Å². The lowest BCUT2D eigenvalue weighted by Gasteiger charge is -2.39. The molecular weight excluding hydrogens is 439 g/mol. The molecule has 3 aromatic rings. The lowest BCUT2D eigenvalue weighted by Crippen LogP contribution is -2.41. The fourth-order valence-electron chi connectivity index (χ4n) is 5.97.